The molecule has 4 aromatic rings. The number of nitrogens with zero attached hydrogens (tertiary/aromatic N) is 3. The summed E-state index contributed by atoms with van der Waals surface area (Å²) >= 11 is 1.17. The molecule has 1 aromatic carbocycles. The van der Waals surface area contributed by atoms with Crippen molar-refractivity contribution < 1.29 is 9.18 Å². The maximum atomic E-state index is 13.0. The van der Waals surface area contributed by atoms with Crippen LogP contribution in [0.4, 0.5) is 4.39 Å². The van der Waals surface area contributed by atoms with Gasteiger partial charge in [-0.15, -0.1) is 11.3 Å². The molecule has 0 spiro atoms. The minimum Gasteiger partial charge on any atom is -0.347 e. The number of hydrogen-bond acceptors (Lipinski definition) is 5. The number of pyridine rings is 1. The second kappa shape index (κ2) is 7.69. The highest BCUT2D eigenvalue weighted by Gasteiger charge is 2.14. The van der Waals surface area contributed by atoms with Crippen LogP contribution >= 0.6 is 11.3 Å². The van der Waals surface area contributed by atoms with Crippen LogP contribution in [0.1, 0.15) is 20.8 Å². The number of hydrogen-bond donors (Lipinski definition) is 1. The Morgan fingerprint density at radius 1 is 1.11 bits per heavy atom. The third-order valence-electron chi connectivity index (χ3n) is 4.21. The molecule has 0 atom stereocenters. The van der Waals surface area contributed by atoms with Crippen molar-refractivity contribution >= 4 is 27.5 Å². The molecule has 0 fully saturated rings. The molecule has 0 radical (unpaired) electrons. The minimum atomic E-state index is -0.329. The topological polar surface area (TPSA) is 76.9 Å². The number of thiophene rings is 1. The summed E-state index contributed by atoms with van der Waals surface area (Å²) in [5.74, 6) is -0.589. The Morgan fingerprint density at radius 2 is 1.86 bits per heavy atom. The molecule has 1 N–H and O–H groups in total. The van der Waals surface area contributed by atoms with E-state index in [0.29, 0.717) is 21.6 Å². The molecular weight excluding hydrogens is 379 g/mol. The van der Waals surface area contributed by atoms with Gasteiger partial charge in [0.2, 0.25) is 0 Å². The van der Waals surface area contributed by atoms with Gasteiger partial charge in [-0.3, -0.25) is 19.1 Å². The molecule has 1 amide bonds. The molecule has 140 valence electrons. The minimum absolute atomic E-state index is 0.237. The molecule has 0 saturated heterocycles. The van der Waals surface area contributed by atoms with E-state index in [-0.39, 0.29) is 23.8 Å². The van der Waals surface area contributed by atoms with Crippen LogP contribution in [-0.2, 0) is 13.1 Å². The van der Waals surface area contributed by atoms with Crippen molar-refractivity contribution in [3.05, 3.63) is 93.4 Å². The van der Waals surface area contributed by atoms with Crippen molar-refractivity contribution in [3.63, 3.8) is 0 Å². The van der Waals surface area contributed by atoms with Crippen LogP contribution in [-0.4, -0.2) is 20.4 Å². The molecular formula is C20H15FN4O2S. The number of carbonyl (C=O) groups is 1. The number of amides is 1. The highest BCUT2D eigenvalue weighted by Crippen LogP contribution is 2.21. The molecule has 28 heavy (non-hydrogen) atoms. The largest absolute Gasteiger partial charge is 0.347 e. The molecule has 3 heterocycles. The van der Waals surface area contributed by atoms with Gasteiger partial charge in [0, 0.05) is 18.9 Å². The van der Waals surface area contributed by atoms with Crippen LogP contribution in [0, 0.1) is 5.82 Å². The van der Waals surface area contributed by atoms with Gasteiger partial charge >= 0.3 is 0 Å². The second-order valence-electron chi connectivity index (χ2n) is 6.17. The predicted molar refractivity (Wildman–Crippen MR) is 105 cm³/mol. The summed E-state index contributed by atoms with van der Waals surface area (Å²) in [6.45, 7) is 0.652. The fourth-order valence-electron chi connectivity index (χ4n) is 2.74. The van der Waals surface area contributed by atoms with E-state index in [4.69, 9.17) is 0 Å². The molecule has 6 nitrogen and oxygen atoms in total. The summed E-state index contributed by atoms with van der Waals surface area (Å²) in [5, 5.41) is 3.22. The number of nitrogens with one attached hydrogen (secondary N) is 1. The van der Waals surface area contributed by atoms with Crippen LogP contribution < -0.4 is 10.9 Å². The molecule has 0 aliphatic rings. The van der Waals surface area contributed by atoms with Crippen molar-refractivity contribution in [2.45, 2.75) is 13.1 Å². The van der Waals surface area contributed by atoms with E-state index in [1.165, 1.54) is 34.4 Å². The molecule has 0 bridgehead atoms. The fourth-order valence-corrected chi connectivity index (χ4v) is 3.65. The van der Waals surface area contributed by atoms with Crippen molar-refractivity contribution in [3.8, 4) is 0 Å². The van der Waals surface area contributed by atoms with Crippen molar-refractivity contribution in [1.29, 1.82) is 0 Å². The van der Waals surface area contributed by atoms with Gasteiger partial charge in [-0.05, 0) is 41.5 Å². The average Bonchev–Trinajstić information content (AvgIpc) is 3.16. The van der Waals surface area contributed by atoms with E-state index >= 15 is 0 Å². The van der Waals surface area contributed by atoms with Crippen LogP contribution in [0.5, 0.6) is 0 Å². The molecule has 0 saturated carbocycles. The lowest BCUT2D eigenvalue weighted by Gasteiger charge is -2.05. The van der Waals surface area contributed by atoms with Gasteiger partial charge < -0.3 is 5.32 Å². The Labute approximate surface area is 163 Å². The summed E-state index contributed by atoms with van der Waals surface area (Å²) < 4.78 is 14.5. The molecule has 0 aliphatic heterocycles. The predicted octanol–water partition coefficient (Wildman–Crippen LogP) is 2.97. The Kier molecular flexibility index (Phi) is 4.94. The Balaban J connectivity index is 1.55. The van der Waals surface area contributed by atoms with Gasteiger partial charge in [-0.2, -0.15) is 0 Å². The van der Waals surface area contributed by atoms with Crippen molar-refractivity contribution in [2.75, 3.05) is 0 Å². The van der Waals surface area contributed by atoms with Crippen molar-refractivity contribution in [1.82, 2.24) is 19.9 Å². The second-order valence-corrected chi connectivity index (χ2v) is 7.20. The van der Waals surface area contributed by atoms with E-state index in [0.717, 1.165) is 11.1 Å². The van der Waals surface area contributed by atoms with Crippen molar-refractivity contribution in [2.24, 2.45) is 0 Å². The van der Waals surface area contributed by atoms with Crippen LogP contribution in [0.25, 0.3) is 10.2 Å². The zero-order chi connectivity index (χ0) is 19.5. The standard InChI is InChI=1S/C20H15FN4O2S/c21-15-3-1-14(2-4-15)11-25-12-24-19-16(20(25)27)9-17(28-19)18(26)23-10-13-5-7-22-8-6-13/h1-9,12H,10-11H2,(H,23,26). The highest BCUT2D eigenvalue weighted by molar-refractivity contribution is 7.20. The summed E-state index contributed by atoms with van der Waals surface area (Å²) in [4.78, 5) is 34.3. The molecule has 0 aliphatic carbocycles. The lowest BCUT2D eigenvalue weighted by Crippen LogP contribution is -2.22. The third kappa shape index (κ3) is 3.81. The van der Waals surface area contributed by atoms with Gasteiger partial charge in [0.25, 0.3) is 11.5 Å². The summed E-state index contributed by atoms with van der Waals surface area (Å²) in [6, 6.07) is 11.2. The van der Waals surface area contributed by atoms with Crippen LogP contribution in [0.15, 0.2) is 66.0 Å². The van der Waals surface area contributed by atoms with Gasteiger partial charge in [0.05, 0.1) is 23.1 Å². The molecule has 3 aromatic heterocycles. The van der Waals surface area contributed by atoms with Gasteiger partial charge in [0.15, 0.2) is 0 Å². The first-order valence-electron chi connectivity index (χ1n) is 8.51. The van der Waals surface area contributed by atoms with E-state index in [1.807, 2.05) is 12.1 Å². The fraction of sp³-hybridized carbons (Fsp3) is 0.100. The first-order valence-corrected chi connectivity index (χ1v) is 9.32. The molecule has 8 heteroatoms. The maximum Gasteiger partial charge on any atom is 0.262 e. The maximum absolute atomic E-state index is 13.0. The van der Waals surface area contributed by atoms with E-state index in [1.54, 1.807) is 30.6 Å². The Hall–Kier alpha value is -3.39. The monoisotopic (exact) mass is 394 g/mol. The zero-order valence-electron chi connectivity index (χ0n) is 14.6. The first kappa shape index (κ1) is 18.0. The number of halogens is 1. The number of aromatic nitrogens is 3. The molecule has 0 unspecified atom stereocenters. The third-order valence-corrected chi connectivity index (χ3v) is 5.25. The zero-order valence-corrected chi connectivity index (χ0v) is 15.4. The van der Waals surface area contributed by atoms with E-state index in [9.17, 15) is 14.0 Å². The summed E-state index contributed by atoms with van der Waals surface area (Å²) in [6.07, 6.45) is 4.77. The van der Waals surface area contributed by atoms with E-state index < -0.39 is 0 Å². The first-order chi connectivity index (χ1) is 13.6. The van der Waals surface area contributed by atoms with Gasteiger partial charge in [0.1, 0.15) is 10.6 Å². The average molecular weight is 394 g/mol. The highest BCUT2D eigenvalue weighted by atomic mass is 32.1. The smallest absolute Gasteiger partial charge is 0.262 e. The SMILES string of the molecule is O=C(NCc1ccncc1)c1cc2c(=O)n(Cc3ccc(F)cc3)cnc2s1. The van der Waals surface area contributed by atoms with Gasteiger partial charge in [-0.25, -0.2) is 9.37 Å². The number of benzene rings is 1. The van der Waals surface area contributed by atoms with E-state index in [2.05, 4.69) is 15.3 Å². The number of rotatable bonds is 5. The lowest BCUT2D eigenvalue weighted by atomic mass is 10.2. The lowest BCUT2D eigenvalue weighted by molar-refractivity contribution is 0.0955. The van der Waals surface area contributed by atoms with Crippen LogP contribution in [0.3, 0.4) is 0 Å². The quantitative estimate of drug-likeness (QED) is 0.565. The van der Waals surface area contributed by atoms with Gasteiger partial charge in [-0.1, -0.05) is 12.1 Å². The Morgan fingerprint density at radius 3 is 2.61 bits per heavy atom. The molecule has 4 rings (SSSR count). The Bertz CT molecular complexity index is 1190. The summed E-state index contributed by atoms with van der Waals surface area (Å²) in [7, 11) is 0. The van der Waals surface area contributed by atoms with Crippen LogP contribution in [0.2, 0.25) is 0 Å². The normalized spacial score (nSPS) is 10.9. The number of fused-ring (bicyclic) bond motifs is 1. The number of carbonyl (C=O) groups excluding carboxylic acids is 1. The summed E-state index contributed by atoms with van der Waals surface area (Å²) in [5.41, 5.74) is 1.48.